The maximum Gasteiger partial charge on any atom is 0.141 e. The molecule has 4 aromatic carbocycles. The lowest BCUT2D eigenvalue weighted by molar-refractivity contribution is 0.681. The summed E-state index contributed by atoms with van der Waals surface area (Å²) < 4.78 is 4.79. The summed E-state index contributed by atoms with van der Waals surface area (Å²) >= 11 is 0. The molecule has 0 radical (unpaired) electrons. The van der Waals surface area contributed by atoms with Crippen LogP contribution in [0.4, 0.5) is 5.69 Å². The van der Waals surface area contributed by atoms with Gasteiger partial charge in [0.1, 0.15) is 5.82 Å². The van der Waals surface area contributed by atoms with Gasteiger partial charge in [0, 0.05) is 45.9 Å². The first-order chi connectivity index (χ1) is 26.8. The van der Waals surface area contributed by atoms with Gasteiger partial charge in [0.25, 0.3) is 0 Å². The fourth-order valence-corrected chi connectivity index (χ4v) is 8.95. The zero-order chi connectivity index (χ0) is 36.0. The molecule has 0 spiro atoms. The summed E-state index contributed by atoms with van der Waals surface area (Å²) in [6.07, 6.45) is 34.7. The highest BCUT2D eigenvalue weighted by atomic mass is 15.2. The lowest BCUT2D eigenvalue weighted by Crippen LogP contribution is -2.33. The fourth-order valence-electron chi connectivity index (χ4n) is 8.95. The van der Waals surface area contributed by atoms with Gasteiger partial charge in [-0.05, 0) is 85.4 Å². The average molecular weight is 699 g/mol. The number of imidazole rings is 1. The summed E-state index contributed by atoms with van der Waals surface area (Å²) in [5.41, 5.74) is 13.4. The van der Waals surface area contributed by atoms with Crippen LogP contribution in [0.1, 0.15) is 37.6 Å². The van der Waals surface area contributed by atoms with Gasteiger partial charge in [-0.1, -0.05) is 134 Å². The number of nitrogens with zero attached hydrogens (tertiary/aromatic N) is 4. The van der Waals surface area contributed by atoms with Crippen LogP contribution in [0.3, 0.4) is 0 Å². The summed E-state index contributed by atoms with van der Waals surface area (Å²) in [6, 6.07) is 33.5. The van der Waals surface area contributed by atoms with E-state index in [4.69, 9.17) is 4.98 Å². The number of aromatic nitrogens is 3. The number of allylic oxidation sites excluding steroid dienone is 15. The van der Waals surface area contributed by atoms with Crippen molar-refractivity contribution in [1.29, 1.82) is 0 Å². The monoisotopic (exact) mass is 698 g/mol. The first-order valence-electron chi connectivity index (χ1n) is 19.3. The molecule has 0 amide bonds. The van der Waals surface area contributed by atoms with Crippen LogP contribution in [0.15, 0.2) is 187 Å². The molecule has 0 fully saturated rings. The Morgan fingerprint density at radius 3 is 2.33 bits per heavy atom. The van der Waals surface area contributed by atoms with Gasteiger partial charge in [-0.15, -0.1) is 0 Å². The number of hydrogen-bond donors (Lipinski definition) is 0. The minimum absolute atomic E-state index is 0.247. The highest BCUT2D eigenvalue weighted by Gasteiger charge is 2.39. The smallest absolute Gasteiger partial charge is 0.141 e. The third kappa shape index (κ3) is 5.40. The number of benzene rings is 4. The molecule has 10 rings (SSSR count). The summed E-state index contributed by atoms with van der Waals surface area (Å²) in [6.45, 7) is 2.92. The average Bonchev–Trinajstić information content (AvgIpc) is 3.88. The molecule has 2 atom stereocenters. The van der Waals surface area contributed by atoms with Gasteiger partial charge in [0.15, 0.2) is 0 Å². The first-order valence-corrected chi connectivity index (χ1v) is 19.3. The molecule has 0 bridgehead atoms. The van der Waals surface area contributed by atoms with Gasteiger partial charge in [-0.2, -0.15) is 0 Å². The normalized spacial score (nSPS) is 21.8. The Hall–Kier alpha value is -6.39. The molecule has 1 unspecified atom stereocenters. The van der Waals surface area contributed by atoms with E-state index in [1.807, 2.05) is 0 Å². The second-order valence-electron chi connectivity index (χ2n) is 14.5. The summed E-state index contributed by atoms with van der Waals surface area (Å²) in [5, 5.41) is 2.54. The molecule has 4 nitrogen and oxygen atoms in total. The highest BCUT2D eigenvalue weighted by molar-refractivity contribution is 6.09. The van der Waals surface area contributed by atoms with Crippen molar-refractivity contribution >= 4 is 49.7 Å². The van der Waals surface area contributed by atoms with Crippen molar-refractivity contribution in [3.63, 3.8) is 0 Å². The molecule has 4 heterocycles. The van der Waals surface area contributed by atoms with Crippen LogP contribution in [0.2, 0.25) is 0 Å². The van der Waals surface area contributed by atoms with Crippen molar-refractivity contribution < 1.29 is 0 Å². The van der Waals surface area contributed by atoms with Crippen LogP contribution in [0, 0.1) is 5.92 Å². The predicted octanol–water partition coefficient (Wildman–Crippen LogP) is 12.2. The third-order valence-electron chi connectivity index (χ3n) is 11.4. The second kappa shape index (κ2) is 13.5. The Labute approximate surface area is 316 Å². The largest absolute Gasteiger partial charge is 0.337 e. The number of fused-ring (bicyclic) bond motifs is 8. The Kier molecular flexibility index (Phi) is 8.10. The van der Waals surface area contributed by atoms with E-state index in [-0.39, 0.29) is 6.04 Å². The van der Waals surface area contributed by atoms with E-state index < -0.39 is 0 Å². The minimum atomic E-state index is 0.247. The lowest BCUT2D eigenvalue weighted by atomic mass is 9.88. The molecule has 2 aliphatic carbocycles. The minimum Gasteiger partial charge on any atom is -0.337 e. The molecule has 4 heteroatoms. The van der Waals surface area contributed by atoms with Gasteiger partial charge in [0.2, 0.25) is 0 Å². The number of para-hydroxylation sites is 4. The zero-order valence-electron chi connectivity index (χ0n) is 30.5. The Morgan fingerprint density at radius 2 is 1.50 bits per heavy atom. The van der Waals surface area contributed by atoms with Gasteiger partial charge in [-0.3, -0.25) is 0 Å². The van der Waals surface area contributed by atoms with E-state index in [0.29, 0.717) is 5.92 Å². The molecular weight excluding hydrogens is 657 g/mol. The second-order valence-corrected chi connectivity index (χ2v) is 14.5. The van der Waals surface area contributed by atoms with Gasteiger partial charge in [-0.25, -0.2) is 4.98 Å². The summed E-state index contributed by atoms with van der Waals surface area (Å²) in [4.78, 5) is 7.80. The van der Waals surface area contributed by atoms with Gasteiger partial charge in [0.05, 0.1) is 28.1 Å². The predicted molar refractivity (Wildman–Crippen MR) is 228 cm³/mol. The molecule has 0 saturated carbocycles. The van der Waals surface area contributed by atoms with E-state index in [9.17, 15) is 0 Å². The summed E-state index contributed by atoms with van der Waals surface area (Å²) in [5.74, 6) is 1.35. The van der Waals surface area contributed by atoms with Crippen molar-refractivity contribution in [3.05, 3.63) is 199 Å². The Morgan fingerprint density at radius 1 is 0.759 bits per heavy atom. The Balaban J connectivity index is 1.15. The molecule has 0 N–H and O–H groups in total. The summed E-state index contributed by atoms with van der Waals surface area (Å²) in [7, 11) is 0. The van der Waals surface area contributed by atoms with E-state index in [2.05, 4.69) is 197 Å². The van der Waals surface area contributed by atoms with Crippen LogP contribution in [-0.2, 0) is 6.54 Å². The maximum absolute atomic E-state index is 5.17. The number of anilines is 1. The lowest BCUT2D eigenvalue weighted by Gasteiger charge is -2.32. The van der Waals surface area contributed by atoms with Crippen LogP contribution in [0.25, 0.3) is 49.7 Å². The zero-order valence-corrected chi connectivity index (χ0v) is 30.5. The van der Waals surface area contributed by atoms with E-state index in [0.717, 1.165) is 53.9 Å². The van der Waals surface area contributed by atoms with Crippen molar-refractivity contribution in [2.75, 3.05) is 4.90 Å². The highest BCUT2D eigenvalue weighted by Crippen LogP contribution is 2.46. The third-order valence-corrected chi connectivity index (χ3v) is 11.4. The molecular formula is C50H42N4. The van der Waals surface area contributed by atoms with Crippen molar-refractivity contribution in [2.24, 2.45) is 5.92 Å². The Bertz CT molecular complexity index is 2690. The standard InChI is InChI=1S/C50H42N4/c1-2-35(29-30-36-18-6-4-3-5-17-31-52-49-28-16-11-23-44(49)51-50(36)52)37-32-38(53-45-24-12-7-19-40(45)41-20-8-13-25-46(41)53)34-39(33-37)54-47-26-14-9-21-42(47)43-22-10-15-27-48(43)54/h2-5,7-14,16-26,28-30,32-34,42,47H,6,15,27,31H2,1H3/b4-3-,17-5-,30-29-,35-2+,36-18-/t42-,47?/m1/s1. The van der Waals surface area contributed by atoms with Crippen LogP contribution < -0.4 is 4.90 Å². The van der Waals surface area contributed by atoms with Crippen LogP contribution in [-0.4, -0.2) is 20.2 Å². The SMILES string of the molecule is C\C=C(/C=C\C1=C\C/C=C\C=C/Cn2c1nc1ccccc12)c1cc(N2C3=C(C=CCC3)[C@H]3C=CC=CC32)cc(-n2c3ccccc3c3ccccc32)c1. The van der Waals surface area contributed by atoms with E-state index >= 15 is 0 Å². The van der Waals surface area contributed by atoms with E-state index in [1.165, 1.54) is 49.9 Å². The quantitative estimate of drug-likeness (QED) is 0.168. The van der Waals surface area contributed by atoms with Crippen molar-refractivity contribution in [3.8, 4) is 5.69 Å². The molecule has 2 aliphatic heterocycles. The molecule has 6 aromatic rings. The van der Waals surface area contributed by atoms with Crippen LogP contribution in [0.5, 0.6) is 0 Å². The van der Waals surface area contributed by atoms with Crippen molar-refractivity contribution in [2.45, 2.75) is 38.8 Å². The molecule has 0 saturated heterocycles. The molecule has 54 heavy (non-hydrogen) atoms. The topological polar surface area (TPSA) is 26.0 Å². The number of rotatable bonds is 5. The fraction of sp³-hybridized carbons (Fsp3) is 0.140. The van der Waals surface area contributed by atoms with Gasteiger partial charge < -0.3 is 14.0 Å². The van der Waals surface area contributed by atoms with Gasteiger partial charge >= 0.3 is 0 Å². The van der Waals surface area contributed by atoms with Crippen LogP contribution >= 0.6 is 0 Å². The maximum atomic E-state index is 5.17. The van der Waals surface area contributed by atoms with Crippen molar-refractivity contribution in [1.82, 2.24) is 14.1 Å². The molecule has 2 aromatic heterocycles. The first kappa shape index (κ1) is 32.3. The molecule has 4 aliphatic rings. The molecule has 262 valence electrons. The number of hydrogen-bond acceptors (Lipinski definition) is 2. The van der Waals surface area contributed by atoms with E-state index in [1.54, 1.807) is 0 Å².